The topological polar surface area (TPSA) is 109 Å². The number of alkyl halides is 3. The molecule has 10 rings (SSSR count). The zero-order chi connectivity index (χ0) is 56.4. The van der Waals surface area contributed by atoms with E-state index in [1.54, 1.807) is 36.4 Å². The van der Waals surface area contributed by atoms with E-state index < -0.39 is 29.3 Å². The summed E-state index contributed by atoms with van der Waals surface area (Å²) in [6, 6.07) is 77.8. The van der Waals surface area contributed by atoms with Crippen LogP contribution in [0, 0.1) is 60.6 Å². The summed E-state index contributed by atoms with van der Waals surface area (Å²) in [6.07, 6.45) is 3.79. The first-order valence-electron chi connectivity index (χ1n) is 25.1. The molecule has 0 amide bonds. The van der Waals surface area contributed by atoms with Gasteiger partial charge in [0.2, 0.25) is 0 Å². The molecule has 0 fully saturated rings. The Kier molecular flexibility index (Phi) is 23.5. The fraction of sp³-hybridized carbons (Fsp3) is 0.0794. The predicted octanol–water partition coefficient (Wildman–Crippen LogP) is 15.9. The molecule has 0 saturated carbocycles. The number of nitrogens with zero attached hydrogens (tertiary/aromatic N) is 4. The predicted molar refractivity (Wildman–Crippen MR) is 294 cm³/mol. The van der Waals surface area contributed by atoms with Crippen molar-refractivity contribution in [2.75, 3.05) is 0 Å². The molecule has 10 aromatic rings. The molecule has 0 spiro atoms. The van der Waals surface area contributed by atoms with Crippen molar-refractivity contribution in [1.29, 1.82) is 0 Å². The van der Waals surface area contributed by atoms with E-state index in [9.17, 15) is 13.2 Å². The van der Waals surface area contributed by atoms with E-state index in [0.717, 1.165) is 33.6 Å². The molecule has 0 atom stereocenters. The molecule has 1 radical (unpaired) electrons. The molecule has 0 aliphatic carbocycles. The van der Waals surface area contributed by atoms with Crippen molar-refractivity contribution in [3.63, 3.8) is 0 Å². The maximum absolute atomic E-state index is 10.7. The Balaban J connectivity index is 0.000000353. The third-order valence-electron chi connectivity index (χ3n) is 10.1. The maximum atomic E-state index is 10.7. The molecule has 4 aromatic heterocycles. The van der Waals surface area contributed by atoms with Crippen LogP contribution in [0.1, 0.15) is 30.7 Å². The standard InChI is InChI=1S/C18H15N.C18H14N.2C12H10N.CHF3O3S.2CH3.2Ir/c2*1-14-7-12-18(19-13-14)17-10-8-16(9-11-17)15-5-3-2-4-6-15;2*1-10-6-5-9-12(13-10)11-7-3-2-4-8-11;2-1(3,4)8(5,6)7;;;;/h2-13H,1H3;2-10,12-13H,1H3;2*2-7,9H,1H3;(H,5,6,7);2*1H3;;/q;3*-1;;2*-1;;+3/p-1/i;;2*1D3;;;;;. The van der Waals surface area contributed by atoms with Gasteiger partial charge in [0, 0.05) is 57.7 Å². The Labute approximate surface area is 482 Å². The summed E-state index contributed by atoms with van der Waals surface area (Å²) >= 11 is 0. The second kappa shape index (κ2) is 32.4. The van der Waals surface area contributed by atoms with Crippen molar-refractivity contribution in [3.05, 3.63) is 280 Å². The normalized spacial score (nSPS) is 11.6. The maximum Gasteiger partial charge on any atom is 3.00 e. The molecule has 76 heavy (non-hydrogen) atoms. The number of hydrogen-bond donors (Lipinski definition) is 0. The van der Waals surface area contributed by atoms with Crippen LogP contribution in [-0.2, 0) is 50.3 Å². The van der Waals surface area contributed by atoms with E-state index >= 15 is 0 Å². The summed E-state index contributed by atoms with van der Waals surface area (Å²) in [4.78, 5) is 17.1. The van der Waals surface area contributed by atoms with Gasteiger partial charge in [-0.1, -0.05) is 139 Å². The molecule has 4 heterocycles. The van der Waals surface area contributed by atoms with Gasteiger partial charge in [-0.05, 0) is 85.1 Å². The number of aryl methyl sites for hydroxylation is 4. The monoisotopic (exact) mass is 1400 g/mol. The van der Waals surface area contributed by atoms with Gasteiger partial charge in [0.15, 0.2) is 10.1 Å². The Bertz CT molecular complexity index is 3320. The van der Waals surface area contributed by atoms with Crippen LogP contribution in [0.15, 0.2) is 225 Å². The van der Waals surface area contributed by atoms with Gasteiger partial charge < -0.3 is 34.4 Å². The first-order chi connectivity index (χ1) is 37.0. The molecule has 0 aliphatic heterocycles. The van der Waals surface area contributed by atoms with Gasteiger partial charge in [0.1, 0.15) is 0 Å². The number of rotatable bonds is 6. The average molecular weight is 1400 g/mol. The molecule has 13 heteroatoms. The minimum atomic E-state index is -6.09. The summed E-state index contributed by atoms with van der Waals surface area (Å²) in [7, 11) is -6.09. The first-order valence-corrected chi connectivity index (χ1v) is 23.5. The fourth-order valence-electron chi connectivity index (χ4n) is 6.40. The number of hydrogen-bond acceptors (Lipinski definition) is 7. The van der Waals surface area contributed by atoms with Crippen LogP contribution < -0.4 is 0 Å². The second-order valence-corrected chi connectivity index (χ2v) is 16.9. The van der Waals surface area contributed by atoms with Crippen molar-refractivity contribution < 1.29 is 74.6 Å². The molecule has 0 aliphatic rings. The third-order valence-corrected chi connectivity index (χ3v) is 10.6. The molecule has 393 valence electrons. The second-order valence-electron chi connectivity index (χ2n) is 15.5. The van der Waals surface area contributed by atoms with Crippen LogP contribution in [0.5, 0.6) is 0 Å². The van der Waals surface area contributed by atoms with Crippen LogP contribution in [0.2, 0.25) is 0 Å². The summed E-state index contributed by atoms with van der Waals surface area (Å²) in [5.41, 5.74) is 8.83. The van der Waals surface area contributed by atoms with Gasteiger partial charge in [-0.25, -0.2) is 8.42 Å². The summed E-state index contributed by atoms with van der Waals surface area (Å²) in [6.45, 7) is -0.232. The first kappa shape index (κ1) is 55.2. The van der Waals surface area contributed by atoms with E-state index in [1.165, 1.54) is 45.5 Å². The van der Waals surface area contributed by atoms with Gasteiger partial charge in [-0.15, -0.1) is 102 Å². The van der Waals surface area contributed by atoms with Gasteiger partial charge >= 0.3 is 25.6 Å². The van der Waals surface area contributed by atoms with E-state index in [4.69, 9.17) is 21.2 Å². The summed E-state index contributed by atoms with van der Waals surface area (Å²) in [5, 5.41) is 0. The Morgan fingerprint density at radius 2 is 0.855 bits per heavy atom. The van der Waals surface area contributed by atoms with Gasteiger partial charge in [0.05, 0.1) is 5.69 Å². The van der Waals surface area contributed by atoms with Gasteiger partial charge in [-0.2, -0.15) is 13.2 Å². The Hall–Kier alpha value is -7.08. The van der Waals surface area contributed by atoms with Crippen LogP contribution >= 0.6 is 0 Å². The van der Waals surface area contributed by atoms with Crippen molar-refractivity contribution in [3.8, 4) is 67.3 Å². The molecule has 6 aromatic carbocycles. The molecule has 0 saturated heterocycles. The van der Waals surface area contributed by atoms with E-state index in [2.05, 4.69) is 136 Å². The van der Waals surface area contributed by atoms with Crippen LogP contribution in [0.4, 0.5) is 13.2 Å². The van der Waals surface area contributed by atoms with E-state index in [0.29, 0.717) is 11.4 Å². The summed E-state index contributed by atoms with van der Waals surface area (Å²) < 4.78 is 103. The number of pyridine rings is 4. The molecule has 7 nitrogen and oxygen atoms in total. The zero-order valence-electron chi connectivity index (χ0n) is 47.6. The quantitative estimate of drug-likeness (QED) is 0.0927. The Morgan fingerprint density at radius 3 is 1.24 bits per heavy atom. The van der Waals surface area contributed by atoms with Gasteiger partial charge in [-0.3, -0.25) is 4.98 Å². The van der Waals surface area contributed by atoms with E-state index in [-0.39, 0.29) is 66.5 Å². The molecular weight excluding hydrogens is 1330 g/mol. The van der Waals surface area contributed by atoms with E-state index in [1.807, 2.05) is 92.1 Å². The molecule has 0 N–H and O–H groups in total. The molecular formula is C63H55F3Ir2N4O3S-3. The van der Waals surface area contributed by atoms with Crippen molar-refractivity contribution in [2.24, 2.45) is 0 Å². The molecule has 0 unspecified atom stereocenters. The van der Waals surface area contributed by atoms with Crippen LogP contribution in [-0.4, -0.2) is 38.4 Å². The minimum absolute atomic E-state index is 0. The smallest absolute Gasteiger partial charge is 0.741 e. The SMILES string of the molecule is Cc1ccc(-c2[c-]cc(-c3ccccc3)cc2)nc1.Cc1ccc(-c2ccc(-c3ccccc3)cc2)nc1.O=S(=O)([O-])C(F)(F)F.[2H]C([2H])([2H])c1cccc(-c2[c-]cccc2)n1.[2H]C([2H])([2H])c1cccc(-c2[c-]cccc2)n1.[CH3-].[CH3-].[Ir+3].[Ir]. The van der Waals surface area contributed by atoms with Crippen LogP contribution in [0.3, 0.4) is 0 Å². The van der Waals surface area contributed by atoms with Crippen LogP contribution in [0.25, 0.3) is 67.3 Å². The van der Waals surface area contributed by atoms with Crippen molar-refractivity contribution in [2.45, 2.75) is 33.1 Å². The van der Waals surface area contributed by atoms with Crippen molar-refractivity contribution >= 4 is 10.1 Å². The third kappa shape index (κ3) is 20.9. The largest absolute Gasteiger partial charge is 3.00 e. The number of benzene rings is 6. The van der Waals surface area contributed by atoms with Gasteiger partial charge in [0.25, 0.3) is 0 Å². The Morgan fingerprint density at radius 1 is 0.461 bits per heavy atom. The summed E-state index contributed by atoms with van der Waals surface area (Å²) in [5.74, 6) is 0. The molecule has 0 bridgehead atoms. The minimum Gasteiger partial charge on any atom is -0.741 e. The van der Waals surface area contributed by atoms with Crippen molar-refractivity contribution in [1.82, 2.24) is 19.9 Å². The average Bonchev–Trinajstić information content (AvgIpc) is 3.48. The number of aromatic nitrogens is 4. The zero-order valence-corrected chi connectivity index (χ0v) is 47.2. The fourth-order valence-corrected chi connectivity index (χ4v) is 6.40. The number of halogens is 3.